The first kappa shape index (κ1) is 17.4. The van der Waals surface area contributed by atoms with E-state index in [-0.39, 0.29) is 0 Å². The molecule has 0 saturated carbocycles. The van der Waals surface area contributed by atoms with E-state index < -0.39 is 0 Å². The number of benzene rings is 2. The maximum absolute atomic E-state index is 6.29. The highest BCUT2D eigenvalue weighted by atomic mass is 35.5. The van der Waals surface area contributed by atoms with Crippen LogP contribution in [0.5, 0.6) is 17.2 Å². The number of hydrogen-bond acceptors (Lipinski definition) is 4. The molecule has 0 aliphatic heterocycles. The SMILES string of the molecule is CNCc1cc(Cl)c(OCCOc2ccc(C)cc2)c(OC)c1. The number of aryl methyl sites for hydroxylation is 1. The van der Waals surface area contributed by atoms with Crippen molar-refractivity contribution in [2.75, 3.05) is 27.4 Å². The van der Waals surface area contributed by atoms with Gasteiger partial charge in [-0.05, 0) is 43.8 Å². The highest BCUT2D eigenvalue weighted by Crippen LogP contribution is 2.36. The van der Waals surface area contributed by atoms with Crippen LogP contribution in [0.15, 0.2) is 36.4 Å². The largest absolute Gasteiger partial charge is 0.493 e. The van der Waals surface area contributed by atoms with Gasteiger partial charge in [-0.15, -0.1) is 0 Å². The summed E-state index contributed by atoms with van der Waals surface area (Å²) in [7, 11) is 3.48. The Hall–Kier alpha value is -1.91. The molecule has 0 saturated heterocycles. The van der Waals surface area contributed by atoms with Gasteiger partial charge in [-0.2, -0.15) is 0 Å². The molecule has 23 heavy (non-hydrogen) atoms. The second-order valence-corrected chi connectivity index (χ2v) is 5.56. The molecule has 0 bridgehead atoms. The molecule has 1 N–H and O–H groups in total. The predicted molar refractivity (Wildman–Crippen MR) is 92.9 cm³/mol. The average Bonchev–Trinajstić information content (AvgIpc) is 2.54. The Morgan fingerprint density at radius 2 is 1.74 bits per heavy atom. The molecule has 2 rings (SSSR count). The summed E-state index contributed by atoms with van der Waals surface area (Å²) in [5.41, 5.74) is 2.24. The molecule has 0 aliphatic carbocycles. The van der Waals surface area contributed by atoms with Crippen LogP contribution in [-0.4, -0.2) is 27.4 Å². The van der Waals surface area contributed by atoms with Crippen LogP contribution >= 0.6 is 11.6 Å². The molecule has 0 aliphatic rings. The van der Waals surface area contributed by atoms with Gasteiger partial charge in [-0.1, -0.05) is 29.3 Å². The van der Waals surface area contributed by atoms with Crippen LogP contribution in [-0.2, 0) is 6.54 Å². The first-order valence-electron chi connectivity index (χ1n) is 7.47. The second kappa shape index (κ2) is 8.65. The number of hydrogen-bond donors (Lipinski definition) is 1. The van der Waals surface area contributed by atoms with Crippen LogP contribution in [0, 0.1) is 6.92 Å². The molecule has 124 valence electrons. The standard InChI is InChI=1S/C18H22ClNO3/c1-13-4-6-15(7-5-13)22-8-9-23-18-16(19)10-14(12-20-2)11-17(18)21-3/h4-7,10-11,20H,8-9,12H2,1-3H3. The van der Waals surface area contributed by atoms with Crippen molar-refractivity contribution in [3.8, 4) is 17.2 Å². The van der Waals surface area contributed by atoms with E-state index in [4.69, 9.17) is 25.8 Å². The van der Waals surface area contributed by atoms with E-state index in [1.807, 2.05) is 50.4 Å². The summed E-state index contributed by atoms with van der Waals surface area (Å²) in [5.74, 6) is 1.99. The normalized spacial score (nSPS) is 10.4. The highest BCUT2D eigenvalue weighted by molar-refractivity contribution is 6.32. The lowest BCUT2D eigenvalue weighted by Crippen LogP contribution is -2.10. The molecule has 0 aromatic heterocycles. The zero-order valence-electron chi connectivity index (χ0n) is 13.7. The van der Waals surface area contributed by atoms with Crippen molar-refractivity contribution >= 4 is 11.6 Å². The van der Waals surface area contributed by atoms with Gasteiger partial charge < -0.3 is 19.5 Å². The summed E-state index contributed by atoms with van der Waals surface area (Å²) in [6.45, 7) is 3.57. The van der Waals surface area contributed by atoms with Crippen LogP contribution in [0.2, 0.25) is 5.02 Å². The third kappa shape index (κ3) is 5.05. The highest BCUT2D eigenvalue weighted by Gasteiger charge is 2.12. The molecule has 2 aromatic rings. The Balaban J connectivity index is 1.93. The van der Waals surface area contributed by atoms with Crippen molar-refractivity contribution in [2.24, 2.45) is 0 Å². The third-order valence-electron chi connectivity index (χ3n) is 3.29. The summed E-state index contributed by atoms with van der Waals surface area (Å²) in [4.78, 5) is 0. The molecular weight excluding hydrogens is 314 g/mol. The average molecular weight is 336 g/mol. The van der Waals surface area contributed by atoms with E-state index in [0.29, 0.717) is 36.3 Å². The van der Waals surface area contributed by atoms with Crippen molar-refractivity contribution in [3.05, 3.63) is 52.5 Å². The molecule has 0 unspecified atom stereocenters. The van der Waals surface area contributed by atoms with Gasteiger partial charge >= 0.3 is 0 Å². The summed E-state index contributed by atoms with van der Waals surface area (Å²) < 4.78 is 16.7. The summed E-state index contributed by atoms with van der Waals surface area (Å²) >= 11 is 6.29. The van der Waals surface area contributed by atoms with Crippen LogP contribution in [0.1, 0.15) is 11.1 Å². The molecule has 0 atom stereocenters. The van der Waals surface area contributed by atoms with Crippen molar-refractivity contribution in [2.45, 2.75) is 13.5 Å². The third-order valence-corrected chi connectivity index (χ3v) is 3.57. The molecule has 0 heterocycles. The van der Waals surface area contributed by atoms with E-state index in [1.165, 1.54) is 5.56 Å². The number of methoxy groups -OCH3 is 1. The van der Waals surface area contributed by atoms with Crippen molar-refractivity contribution in [3.63, 3.8) is 0 Å². The van der Waals surface area contributed by atoms with Gasteiger partial charge in [0.15, 0.2) is 11.5 Å². The Kier molecular flexibility index (Phi) is 6.56. The van der Waals surface area contributed by atoms with Gasteiger partial charge in [0.25, 0.3) is 0 Å². The number of nitrogens with one attached hydrogen (secondary N) is 1. The van der Waals surface area contributed by atoms with E-state index in [0.717, 1.165) is 11.3 Å². The van der Waals surface area contributed by atoms with E-state index in [1.54, 1.807) is 7.11 Å². The lowest BCUT2D eigenvalue weighted by Gasteiger charge is -2.14. The fraction of sp³-hybridized carbons (Fsp3) is 0.333. The lowest BCUT2D eigenvalue weighted by molar-refractivity contribution is 0.211. The summed E-state index contributed by atoms with van der Waals surface area (Å²) in [5, 5.41) is 3.61. The van der Waals surface area contributed by atoms with Crippen LogP contribution in [0.4, 0.5) is 0 Å². The van der Waals surface area contributed by atoms with E-state index in [2.05, 4.69) is 5.32 Å². The first-order chi connectivity index (χ1) is 11.1. The smallest absolute Gasteiger partial charge is 0.179 e. The van der Waals surface area contributed by atoms with Crippen LogP contribution in [0.25, 0.3) is 0 Å². The minimum absolute atomic E-state index is 0.384. The first-order valence-corrected chi connectivity index (χ1v) is 7.85. The Labute approximate surface area is 142 Å². The molecular formula is C18H22ClNO3. The lowest BCUT2D eigenvalue weighted by atomic mass is 10.2. The maximum atomic E-state index is 6.29. The fourth-order valence-corrected chi connectivity index (χ4v) is 2.45. The molecule has 4 nitrogen and oxygen atoms in total. The summed E-state index contributed by atoms with van der Waals surface area (Å²) in [6.07, 6.45) is 0. The van der Waals surface area contributed by atoms with Crippen LogP contribution in [0.3, 0.4) is 0 Å². The van der Waals surface area contributed by atoms with Gasteiger partial charge in [-0.25, -0.2) is 0 Å². The molecule has 2 aromatic carbocycles. The van der Waals surface area contributed by atoms with E-state index in [9.17, 15) is 0 Å². The zero-order chi connectivity index (χ0) is 16.7. The Morgan fingerprint density at radius 3 is 2.39 bits per heavy atom. The minimum Gasteiger partial charge on any atom is -0.493 e. The van der Waals surface area contributed by atoms with Gasteiger partial charge in [0.2, 0.25) is 0 Å². The van der Waals surface area contributed by atoms with Gasteiger partial charge in [-0.3, -0.25) is 0 Å². The monoisotopic (exact) mass is 335 g/mol. The zero-order valence-corrected chi connectivity index (χ0v) is 14.4. The predicted octanol–water partition coefficient (Wildman–Crippen LogP) is 3.83. The summed E-state index contributed by atoms with van der Waals surface area (Å²) in [6, 6.07) is 11.7. The van der Waals surface area contributed by atoms with Gasteiger partial charge in [0.05, 0.1) is 12.1 Å². The topological polar surface area (TPSA) is 39.7 Å². The molecule has 0 fully saturated rings. The van der Waals surface area contributed by atoms with Crippen molar-refractivity contribution in [1.82, 2.24) is 5.32 Å². The minimum atomic E-state index is 0.384. The Bertz CT molecular complexity index is 629. The van der Waals surface area contributed by atoms with Crippen LogP contribution < -0.4 is 19.5 Å². The molecule has 0 radical (unpaired) electrons. The quantitative estimate of drug-likeness (QED) is 0.744. The fourth-order valence-electron chi connectivity index (χ4n) is 2.16. The molecule has 0 amide bonds. The number of ether oxygens (including phenoxy) is 3. The molecule has 5 heteroatoms. The second-order valence-electron chi connectivity index (χ2n) is 5.15. The van der Waals surface area contributed by atoms with Crippen molar-refractivity contribution < 1.29 is 14.2 Å². The molecule has 0 spiro atoms. The van der Waals surface area contributed by atoms with Crippen molar-refractivity contribution in [1.29, 1.82) is 0 Å². The number of rotatable bonds is 8. The van der Waals surface area contributed by atoms with E-state index >= 15 is 0 Å². The maximum Gasteiger partial charge on any atom is 0.179 e. The van der Waals surface area contributed by atoms with Gasteiger partial charge in [0.1, 0.15) is 19.0 Å². The number of halogens is 1. The van der Waals surface area contributed by atoms with Gasteiger partial charge in [0, 0.05) is 6.54 Å². The Morgan fingerprint density at radius 1 is 1.04 bits per heavy atom.